The number of hydrogen-bond acceptors (Lipinski definition) is 2. The molecule has 0 bridgehead atoms. The van der Waals surface area contributed by atoms with Crippen molar-refractivity contribution in [3.8, 4) is 0 Å². The molecule has 0 aromatic carbocycles. The number of aliphatic hydroxyl groups is 1. The van der Waals surface area contributed by atoms with Crippen molar-refractivity contribution >= 4 is 0 Å². The maximum Gasteiger partial charge on any atom is 0.0698 e. The van der Waals surface area contributed by atoms with Crippen LogP contribution in [0.5, 0.6) is 0 Å². The summed E-state index contributed by atoms with van der Waals surface area (Å²) in [7, 11) is 0. The lowest BCUT2D eigenvalue weighted by atomic mass is 9.67. The quantitative estimate of drug-likeness (QED) is 0.745. The molecule has 0 aromatic heterocycles. The van der Waals surface area contributed by atoms with E-state index in [1.165, 1.54) is 19.3 Å². The van der Waals surface area contributed by atoms with Gasteiger partial charge in [0, 0.05) is 13.2 Å². The van der Waals surface area contributed by atoms with Crippen LogP contribution >= 0.6 is 0 Å². The minimum absolute atomic E-state index is 0.426. The van der Waals surface area contributed by atoms with Crippen LogP contribution in [0.4, 0.5) is 0 Å². The standard InChI is InChI=1S/C14H26O2/c1-11-4-5-13(10-12(11)2)14(15)6-3-8-16-9-7-14/h11-13,15H,3-10H2,1-2H3. The average molecular weight is 226 g/mol. The van der Waals surface area contributed by atoms with Crippen LogP contribution < -0.4 is 0 Å². The monoisotopic (exact) mass is 226 g/mol. The largest absolute Gasteiger partial charge is 0.390 e. The molecule has 0 spiro atoms. The van der Waals surface area contributed by atoms with Gasteiger partial charge in [0.05, 0.1) is 5.60 Å². The smallest absolute Gasteiger partial charge is 0.0698 e. The van der Waals surface area contributed by atoms with Gasteiger partial charge in [0.1, 0.15) is 0 Å². The molecule has 0 radical (unpaired) electrons. The molecule has 1 aliphatic heterocycles. The Morgan fingerprint density at radius 2 is 1.88 bits per heavy atom. The second kappa shape index (κ2) is 5.05. The van der Waals surface area contributed by atoms with Crippen LogP contribution in [0.2, 0.25) is 0 Å². The fourth-order valence-corrected chi connectivity index (χ4v) is 3.40. The number of hydrogen-bond donors (Lipinski definition) is 1. The molecule has 16 heavy (non-hydrogen) atoms. The molecule has 2 aliphatic rings. The molecule has 1 aliphatic carbocycles. The van der Waals surface area contributed by atoms with E-state index in [4.69, 9.17) is 4.74 Å². The van der Waals surface area contributed by atoms with E-state index in [1.54, 1.807) is 0 Å². The maximum absolute atomic E-state index is 10.8. The highest BCUT2D eigenvalue weighted by Gasteiger charge is 2.40. The average Bonchev–Trinajstić information content (AvgIpc) is 2.48. The number of ether oxygens (including phenoxy) is 1. The predicted molar refractivity (Wildman–Crippen MR) is 65.3 cm³/mol. The van der Waals surface area contributed by atoms with Gasteiger partial charge in [-0.15, -0.1) is 0 Å². The van der Waals surface area contributed by atoms with Crippen molar-refractivity contribution in [2.45, 2.75) is 58.0 Å². The van der Waals surface area contributed by atoms with Gasteiger partial charge in [0.2, 0.25) is 0 Å². The summed E-state index contributed by atoms with van der Waals surface area (Å²) in [5, 5.41) is 10.8. The van der Waals surface area contributed by atoms with Gasteiger partial charge in [-0.25, -0.2) is 0 Å². The molecule has 2 rings (SSSR count). The van der Waals surface area contributed by atoms with Crippen LogP contribution in [0.1, 0.15) is 52.4 Å². The van der Waals surface area contributed by atoms with E-state index in [0.29, 0.717) is 5.92 Å². The first-order valence-corrected chi connectivity index (χ1v) is 6.92. The highest BCUT2D eigenvalue weighted by molar-refractivity contribution is 4.91. The minimum Gasteiger partial charge on any atom is -0.390 e. The predicted octanol–water partition coefficient (Wildman–Crippen LogP) is 2.99. The highest BCUT2D eigenvalue weighted by atomic mass is 16.5. The third kappa shape index (κ3) is 2.60. The molecule has 0 aromatic rings. The molecule has 0 amide bonds. The summed E-state index contributed by atoms with van der Waals surface area (Å²) >= 11 is 0. The molecule has 2 nitrogen and oxygen atoms in total. The van der Waals surface area contributed by atoms with Crippen LogP contribution in [0.25, 0.3) is 0 Å². The molecule has 2 heteroatoms. The molecule has 94 valence electrons. The van der Waals surface area contributed by atoms with Crippen molar-refractivity contribution in [3.05, 3.63) is 0 Å². The fraction of sp³-hybridized carbons (Fsp3) is 1.00. The van der Waals surface area contributed by atoms with Crippen LogP contribution in [-0.2, 0) is 4.74 Å². The van der Waals surface area contributed by atoms with Crippen molar-refractivity contribution in [2.24, 2.45) is 17.8 Å². The Hall–Kier alpha value is -0.0800. The van der Waals surface area contributed by atoms with Crippen LogP contribution in [0.3, 0.4) is 0 Å². The first-order chi connectivity index (χ1) is 7.62. The third-order valence-electron chi connectivity index (χ3n) is 4.94. The molecule has 2 fully saturated rings. The maximum atomic E-state index is 10.8. The molecule has 1 N–H and O–H groups in total. The van der Waals surface area contributed by atoms with Crippen LogP contribution in [0, 0.1) is 17.8 Å². The van der Waals surface area contributed by atoms with Gasteiger partial charge in [-0.1, -0.05) is 20.3 Å². The second-order valence-corrected chi connectivity index (χ2v) is 6.03. The van der Waals surface area contributed by atoms with Gasteiger partial charge >= 0.3 is 0 Å². The lowest BCUT2D eigenvalue weighted by molar-refractivity contribution is -0.0603. The van der Waals surface area contributed by atoms with Crippen LogP contribution in [0.15, 0.2) is 0 Å². The molecule has 1 saturated heterocycles. The summed E-state index contributed by atoms with van der Waals surface area (Å²) in [6.07, 6.45) is 6.52. The summed E-state index contributed by atoms with van der Waals surface area (Å²) in [5.41, 5.74) is -0.426. The zero-order chi connectivity index (χ0) is 11.6. The lowest BCUT2D eigenvalue weighted by Gasteiger charge is -2.42. The van der Waals surface area contributed by atoms with Gasteiger partial charge in [-0.2, -0.15) is 0 Å². The Morgan fingerprint density at radius 3 is 2.62 bits per heavy atom. The molecule has 1 heterocycles. The topological polar surface area (TPSA) is 29.5 Å². The third-order valence-corrected chi connectivity index (χ3v) is 4.94. The first kappa shape index (κ1) is 12.4. The van der Waals surface area contributed by atoms with E-state index in [2.05, 4.69) is 13.8 Å². The lowest BCUT2D eigenvalue weighted by Crippen LogP contribution is -2.41. The molecule has 4 atom stereocenters. The summed E-state index contributed by atoms with van der Waals surface area (Å²) in [6.45, 7) is 6.27. The Labute approximate surface area is 99.4 Å². The molecule has 1 saturated carbocycles. The zero-order valence-corrected chi connectivity index (χ0v) is 10.7. The van der Waals surface area contributed by atoms with E-state index >= 15 is 0 Å². The van der Waals surface area contributed by atoms with E-state index < -0.39 is 5.60 Å². The Bertz CT molecular complexity index is 219. The SMILES string of the molecule is CC1CCC(C2(O)CCCOCC2)CC1C. The van der Waals surface area contributed by atoms with Gasteiger partial charge < -0.3 is 9.84 Å². The highest BCUT2D eigenvalue weighted by Crippen LogP contribution is 2.42. The van der Waals surface area contributed by atoms with Gasteiger partial charge in [-0.3, -0.25) is 0 Å². The molecule has 4 unspecified atom stereocenters. The van der Waals surface area contributed by atoms with Crippen molar-refractivity contribution < 1.29 is 9.84 Å². The summed E-state index contributed by atoms with van der Waals surface area (Å²) in [4.78, 5) is 0. The summed E-state index contributed by atoms with van der Waals surface area (Å²) < 4.78 is 5.47. The molecular formula is C14H26O2. The van der Waals surface area contributed by atoms with Gasteiger partial charge in [0.15, 0.2) is 0 Å². The van der Waals surface area contributed by atoms with Crippen molar-refractivity contribution in [3.63, 3.8) is 0 Å². The Balaban J connectivity index is 1.99. The minimum atomic E-state index is -0.426. The zero-order valence-electron chi connectivity index (χ0n) is 10.7. The first-order valence-electron chi connectivity index (χ1n) is 6.92. The van der Waals surface area contributed by atoms with Gasteiger partial charge in [0.25, 0.3) is 0 Å². The fourth-order valence-electron chi connectivity index (χ4n) is 3.40. The van der Waals surface area contributed by atoms with E-state index in [-0.39, 0.29) is 0 Å². The van der Waals surface area contributed by atoms with Crippen LogP contribution in [-0.4, -0.2) is 23.9 Å². The normalized spacial score (nSPS) is 46.3. The van der Waals surface area contributed by atoms with E-state index in [0.717, 1.165) is 44.3 Å². The van der Waals surface area contributed by atoms with Crippen molar-refractivity contribution in [2.75, 3.05) is 13.2 Å². The summed E-state index contributed by atoms with van der Waals surface area (Å²) in [6, 6.07) is 0. The number of rotatable bonds is 1. The summed E-state index contributed by atoms with van der Waals surface area (Å²) in [5.74, 6) is 2.12. The Kier molecular flexibility index (Phi) is 3.91. The molecular weight excluding hydrogens is 200 g/mol. The van der Waals surface area contributed by atoms with Crippen molar-refractivity contribution in [1.82, 2.24) is 0 Å². The van der Waals surface area contributed by atoms with E-state index in [1.807, 2.05) is 0 Å². The van der Waals surface area contributed by atoms with Gasteiger partial charge in [-0.05, 0) is 49.9 Å². The second-order valence-electron chi connectivity index (χ2n) is 6.03. The Morgan fingerprint density at radius 1 is 1.06 bits per heavy atom. The van der Waals surface area contributed by atoms with Crippen molar-refractivity contribution in [1.29, 1.82) is 0 Å². The van der Waals surface area contributed by atoms with E-state index in [9.17, 15) is 5.11 Å².